The number of phenolic OH excluding ortho intramolecular Hbond substituents is 1. The summed E-state index contributed by atoms with van der Waals surface area (Å²) >= 11 is 0. The summed E-state index contributed by atoms with van der Waals surface area (Å²) in [5.74, 6) is 0.324. The number of aromatic hydroxyl groups is 1. The van der Waals surface area contributed by atoms with Gasteiger partial charge in [-0.3, -0.25) is 0 Å². The first-order chi connectivity index (χ1) is 11.1. The van der Waals surface area contributed by atoms with Crippen LogP contribution in [0.15, 0.2) is 57.8 Å². The van der Waals surface area contributed by atoms with Crippen molar-refractivity contribution in [3.63, 3.8) is 0 Å². The van der Waals surface area contributed by atoms with Gasteiger partial charge in [0, 0.05) is 5.57 Å². The molecule has 24 heavy (non-hydrogen) atoms. The molecule has 1 heterocycles. The molecule has 6 heteroatoms. The molecule has 0 fully saturated rings. The Bertz CT molecular complexity index is 955. The quantitative estimate of drug-likeness (QED) is 0.866. The van der Waals surface area contributed by atoms with E-state index < -0.39 is 15.4 Å². The number of fused-ring (bicyclic) bond motifs is 1. The van der Waals surface area contributed by atoms with Gasteiger partial charge in [-0.25, -0.2) is 8.42 Å². The third-order valence-corrected chi connectivity index (χ3v) is 6.02. The predicted octanol–water partition coefficient (Wildman–Crippen LogP) is 3.69. The minimum absolute atomic E-state index is 0.0142. The van der Waals surface area contributed by atoms with Crippen LogP contribution < -0.4 is 4.74 Å². The van der Waals surface area contributed by atoms with Crippen LogP contribution in [0.2, 0.25) is 0 Å². The molecule has 0 bridgehead atoms. The number of aliphatic hydroxyl groups is 1. The van der Waals surface area contributed by atoms with Crippen molar-refractivity contribution >= 4 is 15.6 Å². The lowest BCUT2D eigenvalue weighted by atomic mass is 9.92. The number of aliphatic hydroxyl groups excluding tert-OH is 1. The highest BCUT2D eigenvalue weighted by atomic mass is 32.2. The van der Waals surface area contributed by atoms with Crippen molar-refractivity contribution in [1.82, 2.24) is 0 Å². The van der Waals surface area contributed by atoms with E-state index in [0.717, 1.165) is 0 Å². The van der Waals surface area contributed by atoms with Crippen molar-refractivity contribution in [2.24, 2.45) is 0 Å². The molecule has 0 saturated heterocycles. The second kappa shape index (κ2) is 5.27. The Morgan fingerprint density at radius 1 is 1.00 bits per heavy atom. The summed E-state index contributed by atoms with van der Waals surface area (Å²) in [6.07, 6.45) is 0. The lowest BCUT2D eigenvalue weighted by Gasteiger charge is -2.33. The Morgan fingerprint density at radius 3 is 2.33 bits per heavy atom. The Labute approximate surface area is 140 Å². The second-order valence-electron chi connectivity index (χ2n) is 6.24. The molecule has 0 spiro atoms. The summed E-state index contributed by atoms with van der Waals surface area (Å²) in [5, 5.41) is 20.0. The number of benzene rings is 2. The van der Waals surface area contributed by atoms with Crippen LogP contribution >= 0.6 is 0 Å². The third kappa shape index (κ3) is 2.53. The first-order valence-corrected chi connectivity index (χ1v) is 8.89. The fraction of sp³-hybridized carbons (Fsp3) is 0.222. The van der Waals surface area contributed by atoms with Gasteiger partial charge >= 0.3 is 0 Å². The van der Waals surface area contributed by atoms with Gasteiger partial charge in [0.05, 0.1) is 15.4 Å². The predicted molar refractivity (Wildman–Crippen MR) is 89.9 cm³/mol. The Balaban J connectivity index is 2.15. The summed E-state index contributed by atoms with van der Waals surface area (Å²) in [6, 6.07) is 9.83. The first-order valence-electron chi connectivity index (χ1n) is 7.41. The molecule has 0 unspecified atom stereocenters. The smallest absolute Gasteiger partial charge is 0.206 e. The minimum atomic E-state index is -3.81. The zero-order valence-electron chi connectivity index (χ0n) is 13.6. The van der Waals surface area contributed by atoms with E-state index in [0.29, 0.717) is 16.9 Å². The van der Waals surface area contributed by atoms with Gasteiger partial charge < -0.3 is 14.9 Å². The fourth-order valence-corrected chi connectivity index (χ4v) is 3.90. The van der Waals surface area contributed by atoms with E-state index in [2.05, 4.69) is 0 Å². The molecule has 0 amide bonds. The number of sulfone groups is 1. The van der Waals surface area contributed by atoms with E-state index >= 15 is 0 Å². The van der Waals surface area contributed by atoms with Crippen molar-refractivity contribution in [1.29, 1.82) is 0 Å². The molecule has 0 aliphatic carbocycles. The standard InChI is InChI=1S/C18H18O5S/c1-11-17(20)15-10-14(7-8-16(15)23-18(11,2)3)24(21,22)13-6-4-5-12(19)9-13/h4-10,19-20H,1-3H3. The molecule has 126 valence electrons. The number of hydrogen-bond donors (Lipinski definition) is 2. The monoisotopic (exact) mass is 346 g/mol. The van der Waals surface area contributed by atoms with Gasteiger partial charge in [-0.15, -0.1) is 0 Å². The van der Waals surface area contributed by atoms with Crippen LogP contribution in [0.5, 0.6) is 11.5 Å². The Morgan fingerprint density at radius 2 is 1.67 bits per heavy atom. The lowest BCUT2D eigenvalue weighted by molar-refractivity contribution is 0.139. The molecule has 0 atom stereocenters. The molecule has 2 N–H and O–H groups in total. The van der Waals surface area contributed by atoms with Gasteiger partial charge in [0.1, 0.15) is 22.9 Å². The minimum Gasteiger partial charge on any atom is -0.508 e. The normalized spacial score (nSPS) is 16.5. The van der Waals surface area contributed by atoms with E-state index in [1.807, 2.05) is 13.8 Å². The second-order valence-corrected chi connectivity index (χ2v) is 8.19. The van der Waals surface area contributed by atoms with Gasteiger partial charge in [-0.1, -0.05) is 6.07 Å². The highest BCUT2D eigenvalue weighted by Gasteiger charge is 2.33. The maximum atomic E-state index is 12.7. The van der Waals surface area contributed by atoms with Crippen molar-refractivity contribution in [2.75, 3.05) is 0 Å². The van der Waals surface area contributed by atoms with Crippen LogP contribution in [0.1, 0.15) is 26.3 Å². The Kier molecular flexibility index (Phi) is 3.60. The van der Waals surface area contributed by atoms with Crippen molar-refractivity contribution < 1.29 is 23.4 Å². The van der Waals surface area contributed by atoms with Crippen LogP contribution in [0.4, 0.5) is 0 Å². The summed E-state index contributed by atoms with van der Waals surface area (Å²) in [5.41, 5.74) is 0.304. The maximum Gasteiger partial charge on any atom is 0.206 e. The van der Waals surface area contributed by atoms with E-state index in [9.17, 15) is 18.6 Å². The molecule has 2 aromatic rings. The number of ether oxygens (including phenoxy) is 1. The van der Waals surface area contributed by atoms with E-state index in [1.165, 1.54) is 42.5 Å². The van der Waals surface area contributed by atoms with Gasteiger partial charge in [-0.05, 0) is 57.2 Å². The first kappa shape index (κ1) is 16.4. The maximum absolute atomic E-state index is 12.7. The molecule has 5 nitrogen and oxygen atoms in total. The molecule has 2 aromatic carbocycles. The summed E-state index contributed by atoms with van der Waals surface area (Å²) in [4.78, 5) is 0.00852. The van der Waals surface area contributed by atoms with Gasteiger partial charge in [0.25, 0.3) is 0 Å². The number of rotatable bonds is 2. The van der Waals surface area contributed by atoms with Crippen molar-refractivity contribution in [2.45, 2.75) is 36.2 Å². The molecule has 0 saturated carbocycles. The largest absolute Gasteiger partial charge is 0.508 e. The van der Waals surface area contributed by atoms with E-state index in [1.54, 1.807) is 6.92 Å². The summed E-state index contributed by atoms with van der Waals surface area (Å²) < 4.78 is 31.3. The molecule has 0 radical (unpaired) electrons. The third-order valence-electron chi connectivity index (χ3n) is 4.27. The van der Waals surface area contributed by atoms with Gasteiger partial charge in [0.2, 0.25) is 9.84 Å². The average Bonchev–Trinajstić information content (AvgIpc) is 2.52. The molecule has 1 aliphatic heterocycles. The zero-order chi connectivity index (χ0) is 17.7. The SMILES string of the molecule is CC1=C(O)c2cc(S(=O)(=O)c3cccc(O)c3)ccc2OC1(C)C. The van der Waals surface area contributed by atoms with Crippen molar-refractivity contribution in [3.8, 4) is 11.5 Å². The molecule has 1 aliphatic rings. The molecular formula is C18H18O5S. The summed E-state index contributed by atoms with van der Waals surface area (Å²) in [7, 11) is -3.81. The van der Waals surface area contributed by atoms with Gasteiger partial charge in [-0.2, -0.15) is 0 Å². The highest BCUT2D eigenvalue weighted by molar-refractivity contribution is 7.91. The highest BCUT2D eigenvalue weighted by Crippen LogP contribution is 2.40. The van der Waals surface area contributed by atoms with Gasteiger partial charge in [0.15, 0.2) is 0 Å². The molecular weight excluding hydrogens is 328 g/mol. The zero-order valence-corrected chi connectivity index (χ0v) is 14.4. The average molecular weight is 346 g/mol. The lowest BCUT2D eigenvalue weighted by Crippen LogP contribution is -2.33. The van der Waals surface area contributed by atoms with Crippen LogP contribution in [-0.4, -0.2) is 24.2 Å². The van der Waals surface area contributed by atoms with Crippen molar-refractivity contribution in [3.05, 3.63) is 53.6 Å². The molecule has 3 rings (SSSR count). The topological polar surface area (TPSA) is 83.8 Å². The van der Waals surface area contributed by atoms with Crippen LogP contribution in [0.3, 0.4) is 0 Å². The van der Waals surface area contributed by atoms with E-state index in [4.69, 9.17) is 4.74 Å². The van der Waals surface area contributed by atoms with Crippen LogP contribution in [0, 0.1) is 0 Å². The van der Waals surface area contributed by atoms with E-state index in [-0.39, 0.29) is 21.3 Å². The fourth-order valence-electron chi connectivity index (χ4n) is 2.58. The van der Waals surface area contributed by atoms with Crippen LogP contribution in [-0.2, 0) is 9.84 Å². The molecule has 0 aromatic heterocycles. The number of phenols is 1. The van der Waals surface area contributed by atoms with Crippen LogP contribution in [0.25, 0.3) is 5.76 Å². The Hall–Kier alpha value is -2.47. The number of hydrogen-bond acceptors (Lipinski definition) is 5. The summed E-state index contributed by atoms with van der Waals surface area (Å²) in [6.45, 7) is 5.41.